The number of nitrogens with zero attached hydrogens (tertiary/aromatic N) is 4. The Morgan fingerprint density at radius 2 is 1.35 bits per heavy atom. The van der Waals surface area contributed by atoms with E-state index in [9.17, 15) is 0 Å². The standard InChI is InChI=1S/C27H19N4/c1-3-11-20(12-4-1)30-24-23-16-9-17-28-25(23)31(21-13-5-2-6-14-21)27(24)29-18-19-10-7-8-15-22(19)26(29)30/h1-17H,18H2/q+1. The van der Waals surface area contributed by atoms with Gasteiger partial charge in [0.15, 0.2) is 5.52 Å². The van der Waals surface area contributed by atoms with Gasteiger partial charge in [-0.15, -0.1) is 0 Å². The lowest BCUT2D eigenvalue weighted by Gasteiger charge is -2.04. The molecule has 146 valence electrons. The van der Waals surface area contributed by atoms with Gasteiger partial charge < -0.3 is 0 Å². The molecular formula is C27H19N4+. The van der Waals surface area contributed by atoms with Crippen LogP contribution >= 0.6 is 0 Å². The van der Waals surface area contributed by atoms with Crippen molar-refractivity contribution in [2.24, 2.45) is 0 Å². The van der Waals surface area contributed by atoms with Gasteiger partial charge in [-0.05, 0) is 42.5 Å². The Labute approximate surface area is 179 Å². The van der Waals surface area contributed by atoms with Gasteiger partial charge in [0, 0.05) is 11.8 Å². The van der Waals surface area contributed by atoms with E-state index in [2.05, 4.69) is 105 Å². The molecule has 0 amide bonds. The first-order chi connectivity index (χ1) is 15.4. The summed E-state index contributed by atoms with van der Waals surface area (Å²) in [5.41, 5.74) is 8.28. The van der Waals surface area contributed by atoms with Gasteiger partial charge in [0.25, 0.3) is 5.65 Å². The van der Waals surface area contributed by atoms with Crippen molar-refractivity contribution in [3.63, 3.8) is 0 Å². The number of imidazole rings is 1. The van der Waals surface area contributed by atoms with Crippen LogP contribution in [0.4, 0.5) is 0 Å². The van der Waals surface area contributed by atoms with Gasteiger partial charge in [-0.2, -0.15) is 0 Å². The molecule has 4 heterocycles. The predicted octanol–water partition coefficient (Wildman–Crippen LogP) is 5.29. The number of para-hydroxylation sites is 2. The lowest BCUT2D eigenvalue weighted by molar-refractivity contribution is -0.648. The number of pyridine rings is 1. The third-order valence-electron chi connectivity index (χ3n) is 6.24. The third kappa shape index (κ3) is 2.19. The van der Waals surface area contributed by atoms with Crippen molar-refractivity contribution in [3.8, 4) is 22.8 Å². The van der Waals surface area contributed by atoms with E-state index < -0.39 is 0 Å². The molecule has 3 aromatic carbocycles. The molecule has 0 spiro atoms. The molecular weight excluding hydrogens is 380 g/mol. The Hall–Kier alpha value is -4.18. The van der Waals surface area contributed by atoms with Gasteiger partial charge in [-0.3, -0.25) is 0 Å². The first-order valence-corrected chi connectivity index (χ1v) is 10.5. The minimum atomic E-state index is 0.852. The monoisotopic (exact) mass is 399 g/mol. The summed E-state index contributed by atoms with van der Waals surface area (Å²) in [5.74, 6) is 1.22. The Bertz CT molecular complexity index is 1590. The Kier molecular flexibility index (Phi) is 3.30. The Morgan fingerprint density at radius 1 is 0.677 bits per heavy atom. The maximum Gasteiger partial charge on any atom is 0.276 e. The second-order valence-electron chi connectivity index (χ2n) is 7.96. The van der Waals surface area contributed by atoms with Gasteiger partial charge in [-0.25, -0.2) is 18.7 Å². The largest absolute Gasteiger partial charge is 0.276 e. The first-order valence-electron chi connectivity index (χ1n) is 10.5. The summed E-state index contributed by atoms with van der Waals surface area (Å²) in [4.78, 5) is 4.81. The van der Waals surface area contributed by atoms with Crippen molar-refractivity contribution in [1.29, 1.82) is 0 Å². The Balaban J connectivity index is 1.73. The molecule has 31 heavy (non-hydrogen) atoms. The first kappa shape index (κ1) is 16.6. The maximum absolute atomic E-state index is 4.81. The van der Waals surface area contributed by atoms with Crippen molar-refractivity contribution < 1.29 is 4.57 Å². The van der Waals surface area contributed by atoms with Crippen LogP contribution in [0.15, 0.2) is 103 Å². The molecule has 4 nitrogen and oxygen atoms in total. The molecule has 4 heteroatoms. The minimum absolute atomic E-state index is 0.852. The second-order valence-corrected chi connectivity index (χ2v) is 7.96. The van der Waals surface area contributed by atoms with Crippen molar-refractivity contribution in [2.45, 2.75) is 6.54 Å². The Morgan fingerprint density at radius 3 is 2.13 bits per heavy atom. The van der Waals surface area contributed by atoms with Crippen LogP contribution in [-0.2, 0) is 6.54 Å². The van der Waals surface area contributed by atoms with Crippen LogP contribution in [0.3, 0.4) is 0 Å². The fraction of sp³-hybridized carbons (Fsp3) is 0.0370. The molecule has 0 fully saturated rings. The summed E-state index contributed by atoms with van der Waals surface area (Å²) in [5, 5.41) is 1.16. The van der Waals surface area contributed by atoms with Crippen molar-refractivity contribution in [1.82, 2.24) is 14.1 Å². The summed E-state index contributed by atoms with van der Waals surface area (Å²) in [7, 11) is 0. The zero-order valence-electron chi connectivity index (χ0n) is 16.8. The molecule has 0 radical (unpaired) electrons. The highest BCUT2D eigenvalue weighted by Crippen LogP contribution is 2.38. The molecule has 0 saturated carbocycles. The number of hydrogen-bond donors (Lipinski definition) is 0. The number of rotatable bonds is 2. The topological polar surface area (TPSA) is 26.6 Å². The molecule has 0 saturated heterocycles. The van der Waals surface area contributed by atoms with E-state index in [0.29, 0.717) is 0 Å². The molecule has 0 unspecified atom stereocenters. The number of aromatic nitrogens is 4. The van der Waals surface area contributed by atoms with Crippen molar-refractivity contribution in [3.05, 3.63) is 109 Å². The van der Waals surface area contributed by atoms with Gasteiger partial charge in [0.05, 0.1) is 17.5 Å². The van der Waals surface area contributed by atoms with Crippen LogP contribution in [0.1, 0.15) is 5.56 Å². The van der Waals surface area contributed by atoms with Crippen LogP contribution in [-0.4, -0.2) is 14.1 Å². The number of fused-ring (bicyclic) bond motifs is 7. The van der Waals surface area contributed by atoms with Gasteiger partial charge in [-0.1, -0.05) is 54.6 Å². The average molecular weight is 399 g/mol. The van der Waals surface area contributed by atoms with E-state index in [1.54, 1.807) is 0 Å². The lowest BCUT2D eigenvalue weighted by Crippen LogP contribution is -2.33. The smallest absolute Gasteiger partial charge is 0.224 e. The van der Waals surface area contributed by atoms with Gasteiger partial charge >= 0.3 is 0 Å². The van der Waals surface area contributed by atoms with Crippen LogP contribution < -0.4 is 4.57 Å². The van der Waals surface area contributed by atoms with Crippen molar-refractivity contribution in [2.75, 3.05) is 0 Å². The quantitative estimate of drug-likeness (QED) is 0.363. The average Bonchev–Trinajstić information content (AvgIpc) is 3.47. The summed E-state index contributed by atoms with van der Waals surface area (Å²) in [6.45, 7) is 0.852. The molecule has 7 rings (SSSR count). The van der Waals surface area contributed by atoms with E-state index in [1.807, 2.05) is 12.3 Å². The predicted molar refractivity (Wildman–Crippen MR) is 123 cm³/mol. The summed E-state index contributed by atoms with van der Waals surface area (Å²) < 4.78 is 7.16. The van der Waals surface area contributed by atoms with Crippen molar-refractivity contribution >= 4 is 22.2 Å². The molecule has 1 aliphatic heterocycles. The van der Waals surface area contributed by atoms with E-state index in [1.165, 1.54) is 28.1 Å². The number of hydrogen-bond acceptors (Lipinski definition) is 1. The van der Waals surface area contributed by atoms with Crippen LogP contribution in [0, 0.1) is 0 Å². The highest BCUT2D eigenvalue weighted by molar-refractivity contribution is 6.05. The van der Waals surface area contributed by atoms with Crippen LogP contribution in [0.5, 0.6) is 0 Å². The van der Waals surface area contributed by atoms with Gasteiger partial charge in [0.2, 0.25) is 11.5 Å². The normalized spacial score (nSPS) is 12.4. The van der Waals surface area contributed by atoms with E-state index in [0.717, 1.165) is 29.0 Å². The minimum Gasteiger partial charge on any atom is -0.224 e. The summed E-state index contributed by atoms with van der Waals surface area (Å²) in [6, 6.07) is 34.1. The highest BCUT2D eigenvalue weighted by atomic mass is 15.3. The fourth-order valence-electron chi connectivity index (χ4n) is 4.99. The number of benzene rings is 3. The van der Waals surface area contributed by atoms with Gasteiger partial charge in [0.1, 0.15) is 11.4 Å². The molecule has 0 aliphatic carbocycles. The zero-order chi connectivity index (χ0) is 20.4. The summed E-state index contributed by atoms with van der Waals surface area (Å²) >= 11 is 0. The fourth-order valence-corrected chi connectivity index (χ4v) is 4.99. The summed E-state index contributed by atoms with van der Waals surface area (Å²) in [6.07, 6.45) is 1.88. The zero-order valence-corrected chi connectivity index (χ0v) is 16.8. The maximum atomic E-state index is 4.81. The van der Waals surface area contributed by atoms with E-state index in [4.69, 9.17) is 4.98 Å². The molecule has 3 aromatic heterocycles. The lowest BCUT2D eigenvalue weighted by atomic mass is 10.1. The van der Waals surface area contributed by atoms with Crippen LogP contribution in [0.25, 0.3) is 45.0 Å². The highest BCUT2D eigenvalue weighted by Gasteiger charge is 2.37. The SMILES string of the molecule is c1ccc(-n2c3[n+](c4c2c2cccnc2n4-c2ccccc2)Cc2ccccc2-3)cc1. The third-order valence-corrected chi connectivity index (χ3v) is 6.24. The van der Waals surface area contributed by atoms with Crippen LogP contribution in [0.2, 0.25) is 0 Å². The molecule has 0 bridgehead atoms. The molecule has 0 atom stereocenters. The van der Waals surface area contributed by atoms with E-state index in [-0.39, 0.29) is 0 Å². The molecule has 1 aliphatic rings. The van der Waals surface area contributed by atoms with E-state index >= 15 is 0 Å². The molecule has 0 N–H and O–H groups in total. The second kappa shape index (κ2) is 6.16. The molecule has 6 aromatic rings.